The van der Waals surface area contributed by atoms with Crippen molar-refractivity contribution in [3.8, 4) is 0 Å². The SMILES string of the molecule is O=S(=O)(F)OC(C(F)(F)F)C(F)(F)F. The lowest BCUT2D eigenvalue weighted by Gasteiger charge is -2.20. The molecule has 0 saturated carbocycles. The Balaban J connectivity index is 4.97. The fourth-order valence-electron chi connectivity index (χ4n) is 0.410. The summed E-state index contributed by atoms with van der Waals surface area (Å²) in [4.78, 5) is 0. The number of hydrogen-bond donors (Lipinski definition) is 0. The van der Waals surface area contributed by atoms with Gasteiger partial charge in [0.15, 0.2) is 0 Å². The van der Waals surface area contributed by atoms with Crippen LogP contribution in [0.15, 0.2) is 0 Å². The average Bonchev–Trinajstić information content (AvgIpc) is 1.75. The van der Waals surface area contributed by atoms with Gasteiger partial charge in [0.2, 0.25) is 0 Å². The van der Waals surface area contributed by atoms with E-state index in [2.05, 4.69) is 4.18 Å². The third-order valence-electron chi connectivity index (χ3n) is 0.806. The lowest BCUT2D eigenvalue weighted by molar-refractivity contribution is -0.299. The molecular formula is C3HF7O3S. The maximum absolute atomic E-state index is 11.5. The molecule has 0 heterocycles. The molecule has 0 aromatic rings. The maximum atomic E-state index is 11.5. The predicted molar refractivity (Wildman–Crippen MR) is 27.0 cm³/mol. The highest BCUT2D eigenvalue weighted by Crippen LogP contribution is 2.36. The topological polar surface area (TPSA) is 43.4 Å². The summed E-state index contributed by atoms with van der Waals surface area (Å²) < 4.78 is 101. The molecule has 86 valence electrons. The van der Waals surface area contributed by atoms with Crippen LogP contribution in [0.25, 0.3) is 0 Å². The summed E-state index contributed by atoms with van der Waals surface area (Å²) in [5.74, 6) is 0. The van der Waals surface area contributed by atoms with E-state index in [0.29, 0.717) is 0 Å². The van der Waals surface area contributed by atoms with Crippen LogP contribution in [-0.4, -0.2) is 26.9 Å². The minimum Gasteiger partial charge on any atom is -0.222 e. The van der Waals surface area contributed by atoms with Crippen molar-refractivity contribution in [3.05, 3.63) is 0 Å². The summed E-state index contributed by atoms with van der Waals surface area (Å²) in [5.41, 5.74) is 0. The molecule has 0 aliphatic carbocycles. The van der Waals surface area contributed by atoms with Crippen molar-refractivity contribution in [2.45, 2.75) is 18.5 Å². The second-order valence-corrected chi connectivity index (χ2v) is 2.93. The zero-order chi connectivity index (χ0) is 11.8. The molecule has 0 aromatic heterocycles. The van der Waals surface area contributed by atoms with Crippen molar-refractivity contribution in [1.82, 2.24) is 0 Å². The van der Waals surface area contributed by atoms with Gasteiger partial charge in [0.25, 0.3) is 6.10 Å². The van der Waals surface area contributed by atoms with Crippen molar-refractivity contribution in [2.24, 2.45) is 0 Å². The Morgan fingerprint density at radius 3 is 1.29 bits per heavy atom. The molecule has 3 nitrogen and oxygen atoms in total. The van der Waals surface area contributed by atoms with E-state index in [9.17, 15) is 38.6 Å². The summed E-state index contributed by atoms with van der Waals surface area (Å²) in [6, 6.07) is 0. The highest BCUT2D eigenvalue weighted by Gasteiger charge is 2.60. The molecule has 0 spiro atoms. The van der Waals surface area contributed by atoms with Crippen molar-refractivity contribution in [3.63, 3.8) is 0 Å². The molecule has 0 rings (SSSR count). The molecule has 0 atom stereocenters. The van der Waals surface area contributed by atoms with E-state index in [0.717, 1.165) is 0 Å². The quantitative estimate of drug-likeness (QED) is 0.553. The highest BCUT2D eigenvalue weighted by atomic mass is 32.3. The van der Waals surface area contributed by atoms with Crippen LogP contribution < -0.4 is 0 Å². The van der Waals surface area contributed by atoms with Crippen LogP contribution in [0, 0.1) is 0 Å². The van der Waals surface area contributed by atoms with Crippen LogP contribution in [0.5, 0.6) is 0 Å². The molecule has 0 aliphatic rings. The second kappa shape index (κ2) is 3.53. The second-order valence-electron chi connectivity index (χ2n) is 1.95. The van der Waals surface area contributed by atoms with Gasteiger partial charge in [-0.05, 0) is 0 Å². The van der Waals surface area contributed by atoms with E-state index in [1.165, 1.54) is 0 Å². The van der Waals surface area contributed by atoms with Gasteiger partial charge in [0.05, 0.1) is 0 Å². The third-order valence-corrected chi connectivity index (χ3v) is 1.23. The zero-order valence-corrected chi connectivity index (χ0v) is 6.67. The minimum atomic E-state index is -6.33. The lowest BCUT2D eigenvalue weighted by Crippen LogP contribution is -2.45. The van der Waals surface area contributed by atoms with Crippen LogP contribution in [0.3, 0.4) is 0 Å². The normalized spacial score (nSPS) is 14.9. The van der Waals surface area contributed by atoms with E-state index in [4.69, 9.17) is 0 Å². The average molecular weight is 250 g/mol. The number of rotatable bonds is 2. The van der Waals surface area contributed by atoms with Crippen molar-refractivity contribution < 1.29 is 42.8 Å². The highest BCUT2D eigenvalue weighted by molar-refractivity contribution is 7.81. The van der Waals surface area contributed by atoms with Gasteiger partial charge in [0.1, 0.15) is 0 Å². The molecule has 0 unspecified atom stereocenters. The third kappa shape index (κ3) is 4.60. The predicted octanol–water partition coefficient (Wildman–Crippen LogP) is 1.71. The smallest absolute Gasteiger partial charge is 0.222 e. The summed E-state index contributed by atoms with van der Waals surface area (Å²) in [6.07, 6.45) is -16.8. The van der Waals surface area contributed by atoms with Gasteiger partial charge >= 0.3 is 22.9 Å². The molecule has 0 saturated heterocycles. The summed E-state index contributed by atoms with van der Waals surface area (Å²) in [6.45, 7) is 0. The summed E-state index contributed by atoms with van der Waals surface area (Å²) in [7, 11) is -6.33. The first-order valence-corrected chi connectivity index (χ1v) is 3.91. The summed E-state index contributed by atoms with van der Waals surface area (Å²) in [5, 5.41) is 0. The first-order valence-electron chi connectivity index (χ1n) is 2.60. The Hall–Kier alpha value is -0.580. The van der Waals surface area contributed by atoms with Crippen molar-refractivity contribution in [1.29, 1.82) is 0 Å². The number of halogens is 7. The minimum absolute atomic E-state index is 2.22. The fourth-order valence-corrected chi connectivity index (χ4v) is 0.858. The van der Waals surface area contributed by atoms with E-state index in [-0.39, 0.29) is 0 Å². The van der Waals surface area contributed by atoms with Crippen LogP contribution in [0.4, 0.5) is 30.2 Å². The molecular weight excluding hydrogens is 249 g/mol. The van der Waals surface area contributed by atoms with Gasteiger partial charge in [-0.2, -0.15) is 34.8 Å². The van der Waals surface area contributed by atoms with Gasteiger partial charge in [-0.3, -0.25) is 0 Å². The monoisotopic (exact) mass is 250 g/mol. The van der Waals surface area contributed by atoms with Crippen LogP contribution in [0.1, 0.15) is 0 Å². The molecule has 0 radical (unpaired) electrons. The Kier molecular flexibility index (Phi) is 3.38. The van der Waals surface area contributed by atoms with E-state index >= 15 is 0 Å². The largest absolute Gasteiger partial charge is 0.438 e. The fraction of sp³-hybridized carbons (Fsp3) is 1.00. The Morgan fingerprint density at radius 1 is 0.929 bits per heavy atom. The van der Waals surface area contributed by atoms with Gasteiger partial charge < -0.3 is 0 Å². The van der Waals surface area contributed by atoms with E-state index in [1.54, 1.807) is 0 Å². The van der Waals surface area contributed by atoms with Crippen LogP contribution in [-0.2, 0) is 14.7 Å². The first-order chi connectivity index (χ1) is 5.84. The Bertz CT molecular complexity index is 272. The number of hydrogen-bond acceptors (Lipinski definition) is 3. The maximum Gasteiger partial charge on any atom is 0.438 e. The molecule has 0 aromatic carbocycles. The van der Waals surface area contributed by atoms with Crippen molar-refractivity contribution >= 4 is 10.5 Å². The summed E-state index contributed by atoms with van der Waals surface area (Å²) >= 11 is 0. The molecule has 11 heteroatoms. The Morgan fingerprint density at radius 2 is 1.21 bits per heavy atom. The Labute approximate surface area is 72.9 Å². The molecule has 0 N–H and O–H groups in total. The molecule has 14 heavy (non-hydrogen) atoms. The molecule has 0 bridgehead atoms. The van der Waals surface area contributed by atoms with Crippen LogP contribution >= 0.6 is 0 Å². The van der Waals surface area contributed by atoms with Gasteiger partial charge in [-0.15, -0.1) is 0 Å². The van der Waals surface area contributed by atoms with Gasteiger partial charge in [-0.1, -0.05) is 3.89 Å². The molecule has 0 fully saturated rings. The molecule has 0 aliphatic heterocycles. The first kappa shape index (κ1) is 13.4. The number of alkyl halides is 6. The van der Waals surface area contributed by atoms with Crippen LogP contribution in [0.2, 0.25) is 0 Å². The van der Waals surface area contributed by atoms with Gasteiger partial charge in [0, 0.05) is 0 Å². The van der Waals surface area contributed by atoms with Crippen molar-refractivity contribution in [2.75, 3.05) is 0 Å². The standard InChI is InChI=1S/C3HF7O3S/c4-2(5,6)1(3(7,8)9)13-14(10,11)12/h1H. The zero-order valence-electron chi connectivity index (χ0n) is 5.86. The van der Waals surface area contributed by atoms with E-state index in [1.807, 2.05) is 0 Å². The van der Waals surface area contributed by atoms with Gasteiger partial charge in [-0.25, -0.2) is 4.18 Å². The molecule has 0 amide bonds. The van der Waals surface area contributed by atoms with E-state index < -0.39 is 29.0 Å². The lowest BCUT2D eigenvalue weighted by atomic mass is 10.3.